The monoisotopic (exact) mass is 547 g/mol. The molecule has 143 valence electrons. The quantitative estimate of drug-likeness (QED) is 0.316. The Labute approximate surface area is 178 Å². The molecule has 0 saturated carbocycles. The van der Waals surface area contributed by atoms with E-state index in [9.17, 15) is 0 Å². The summed E-state index contributed by atoms with van der Waals surface area (Å²) in [5, 5.41) is 8.43. The second kappa shape index (κ2) is 8.17. The molecule has 0 saturated heterocycles. The smallest absolute Gasteiger partial charge is 0.248 e. The molecule has 0 unspecified atom stereocenters. The molecule has 0 amide bonds. The van der Waals surface area contributed by atoms with Crippen LogP contribution in [-0.4, -0.2) is 15.2 Å². The molecule has 4 rings (SSSR count). The average Bonchev–Trinajstić information content (AvgIpc) is 3.19. The maximum absolute atomic E-state index is 5.92. The average molecular weight is 547 g/mol. The molecule has 0 bridgehead atoms. The molecule has 0 aliphatic heterocycles. The van der Waals surface area contributed by atoms with Crippen LogP contribution in [-0.2, 0) is 25.5 Å². The summed E-state index contributed by atoms with van der Waals surface area (Å²) in [5.74, 6) is 0.994. The van der Waals surface area contributed by atoms with Crippen LogP contribution in [0.3, 0.4) is 0 Å². The Morgan fingerprint density at radius 3 is 2.21 bits per heavy atom. The first-order valence-electron chi connectivity index (χ1n) is 8.89. The largest absolute Gasteiger partial charge is 0.418 e. The SMILES string of the molecule is CC(C)(C)c1ccc(-c2nnc(-c3cc[c-]c(-c4ccccn4)c3)o2)cc1.[Ir]. The van der Waals surface area contributed by atoms with Crippen LogP contribution in [0.4, 0.5) is 0 Å². The van der Waals surface area contributed by atoms with Crippen LogP contribution in [0.2, 0.25) is 0 Å². The van der Waals surface area contributed by atoms with Gasteiger partial charge in [-0.2, -0.15) is 0 Å². The number of benzene rings is 2. The third-order valence-electron chi connectivity index (χ3n) is 4.41. The van der Waals surface area contributed by atoms with Gasteiger partial charge in [0.2, 0.25) is 11.8 Å². The fourth-order valence-corrected chi connectivity index (χ4v) is 2.84. The zero-order valence-electron chi connectivity index (χ0n) is 15.9. The molecule has 0 atom stereocenters. The van der Waals surface area contributed by atoms with Crippen molar-refractivity contribution in [2.75, 3.05) is 0 Å². The molecule has 2 heterocycles. The molecule has 28 heavy (non-hydrogen) atoms. The van der Waals surface area contributed by atoms with Crippen molar-refractivity contribution in [3.63, 3.8) is 0 Å². The first-order valence-corrected chi connectivity index (χ1v) is 8.89. The number of rotatable bonds is 3. The summed E-state index contributed by atoms with van der Waals surface area (Å²) >= 11 is 0. The summed E-state index contributed by atoms with van der Waals surface area (Å²) in [5.41, 5.74) is 4.89. The van der Waals surface area contributed by atoms with Crippen LogP contribution in [0.5, 0.6) is 0 Å². The first kappa shape index (κ1) is 20.1. The maximum atomic E-state index is 5.92. The molecule has 2 aromatic carbocycles. The van der Waals surface area contributed by atoms with Crippen LogP contribution in [0.1, 0.15) is 26.3 Å². The van der Waals surface area contributed by atoms with Gasteiger partial charge in [-0.3, -0.25) is 0 Å². The van der Waals surface area contributed by atoms with E-state index in [2.05, 4.69) is 54.2 Å². The Hall–Kier alpha value is -2.62. The van der Waals surface area contributed by atoms with Gasteiger partial charge in [0.25, 0.3) is 0 Å². The summed E-state index contributed by atoms with van der Waals surface area (Å²) in [6.45, 7) is 6.58. The molecule has 5 heteroatoms. The summed E-state index contributed by atoms with van der Waals surface area (Å²) in [6, 6.07) is 23.0. The van der Waals surface area contributed by atoms with Crippen LogP contribution in [0.25, 0.3) is 34.2 Å². The molecular weight excluding hydrogens is 526 g/mol. The normalized spacial score (nSPS) is 11.1. The summed E-state index contributed by atoms with van der Waals surface area (Å²) < 4.78 is 5.92. The van der Waals surface area contributed by atoms with Gasteiger partial charge in [-0.1, -0.05) is 45.0 Å². The van der Waals surface area contributed by atoms with Gasteiger partial charge in [0, 0.05) is 31.9 Å². The fourth-order valence-electron chi connectivity index (χ4n) is 2.84. The van der Waals surface area contributed by atoms with E-state index in [1.807, 2.05) is 48.5 Å². The van der Waals surface area contributed by atoms with Gasteiger partial charge in [-0.25, -0.2) is 0 Å². The number of pyridine rings is 1. The number of aromatic nitrogens is 3. The van der Waals surface area contributed by atoms with Crippen molar-refractivity contribution in [2.45, 2.75) is 26.2 Å². The Kier molecular flexibility index (Phi) is 5.87. The van der Waals surface area contributed by atoms with Gasteiger partial charge in [-0.15, -0.1) is 40.0 Å². The molecular formula is C23H20IrN3O-. The Bertz CT molecular complexity index is 1050. The topological polar surface area (TPSA) is 51.8 Å². The van der Waals surface area contributed by atoms with Crippen molar-refractivity contribution >= 4 is 0 Å². The van der Waals surface area contributed by atoms with Crippen molar-refractivity contribution in [1.29, 1.82) is 0 Å². The molecule has 0 fully saturated rings. The van der Waals surface area contributed by atoms with Gasteiger partial charge in [-0.05, 0) is 40.4 Å². The predicted octanol–water partition coefficient (Wildman–Crippen LogP) is 5.56. The van der Waals surface area contributed by atoms with E-state index in [1.54, 1.807) is 6.20 Å². The second-order valence-corrected chi connectivity index (χ2v) is 7.45. The van der Waals surface area contributed by atoms with Gasteiger partial charge in [0.05, 0.1) is 0 Å². The van der Waals surface area contributed by atoms with E-state index in [1.165, 1.54) is 5.56 Å². The van der Waals surface area contributed by atoms with Gasteiger partial charge < -0.3 is 9.40 Å². The molecule has 4 nitrogen and oxygen atoms in total. The van der Waals surface area contributed by atoms with Crippen LogP contribution in [0, 0.1) is 6.07 Å². The fraction of sp³-hybridized carbons (Fsp3) is 0.174. The molecule has 2 aromatic heterocycles. The minimum Gasteiger partial charge on any atom is -0.418 e. The predicted molar refractivity (Wildman–Crippen MR) is 106 cm³/mol. The zero-order valence-corrected chi connectivity index (χ0v) is 18.3. The number of nitrogens with zero attached hydrogens (tertiary/aromatic N) is 3. The van der Waals surface area contributed by atoms with E-state index >= 15 is 0 Å². The van der Waals surface area contributed by atoms with Crippen molar-refractivity contribution < 1.29 is 24.5 Å². The molecule has 0 aliphatic carbocycles. The number of hydrogen-bond donors (Lipinski definition) is 0. The van der Waals surface area contributed by atoms with Gasteiger partial charge in [0.1, 0.15) is 0 Å². The van der Waals surface area contributed by atoms with Crippen LogP contribution < -0.4 is 0 Å². The van der Waals surface area contributed by atoms with Crippen molar-refractivity contribution in [3.05, 3.63) is 78.5 Å². The first-order chi connectivity index (χ1) is 13.0. The Balaban J connectivity index is 0.00000225. The molecule has 0 aliphatic rings. The summed E-state index contributed by atoms with van der Waals surface area (Å²) in [4.78, 5) is 4.37. The molecule has 1 radical (unpaired) electrons. The van der Waals surface area contributed by atoms with E-state index < -0.39 is 0 Å². The van der Waals surface area contributed by atoms with E-state index in [0.29, 0.717) is 11.8 Å². The summed E-state index contributed by atoms with van der Waals surface area (Å²) in [7, 11) is 0. The van der Waals surface area contributed by atoms with Crippen LogP contribution >= 0.6 is 0 Å². The molecule has 0 N–H and O–H groups in total. The van der Waals surface area contributed by atoms with Crippen molar-refractivity contribution in [1.82, 2.24) is 15.2 Å². The molecule has 4 aromatic rings. The van der Waals surface area contributed by atoms with Crippen LogP contribution in [0.15, 0.2) is 71.3 Å². The zero-order chi connectivity index (χ0) is 18.9. The number of hydrogen-bond acceptors (Lipinski definition) is 4. The van der Waals surface area contributed by atoms with Gasteiger partial charge >= 0.3 is 0 Å². The minimum absolute atomic E-state index is 0. The van der Waals surface area contributed by atoms with E-state index in [0.717, 1.165) is 22.4 Å². The molecule has 0 spiro atoms. The Morgan fingerprint density at radius 2 is 1.57 bits per heavy atom. The van der Waals surface area contributed by atoms with Crippen molar-refractivity contribution in [2.24, 2.45) is 0 Å². The van der Waals surface area contributed by atoms with E-state index in [4.69, 9.17) is 4.42 Å². The minimum atomic E-state index is 0. The van der Waals surface area contributed by atoms with Crippen molar-refractivity contribution in [3.8, 4) is 34.2 Å². The standard InChI is InChI=1S/C23H20N3O.Ir/c1-23(2,3)19-12-10-16(11-13-19)21-25-26-22(27-21)18-8-6-7-17(15-18)20-9-4-5-14-24-20;/h4-6,8-15H,1-3H3;/q-1;. The third-order valence-corrected chi connectivity index (χ3v) is 4.41. The third kappa shape index (κ3) is 4.27. The van der Waals surface area contributed by atoms with E-state index in [-0.39, 0.29) is 25.5 Å². The summed E-state index contributed by atoms with van der Waals surface area (Å²) in [6.07, 6.45) is 1.77. The maximum Gasteiger partial charge on any atom is 0.248 e. The Morgan fingerprint density at radius 1 is 0.857 bits per heavy atom. The second-order valence-electron chi connectivity index (χ2n) is 7.45. The van der Waals surface area contributed by atoms with Gasteiger partial charge in [0.15, 0.2) is 0 Å².